The Morgan fingerprint density at radius 3 is 2.67 bits per heavy atom. The van der Waals surface area contributed by atoms with Crippen molar-refractivity contribution in [1.29, 1.82) is 0 Å². The number of aliphatic hydroxyl groups excluding tert-OH is 1. The highest BCUT2D eigenvalue weighted by atomic mass is 35.5. The first-order chi connectivity index (χ1) is 11.1. The lowest BCUT2D eigenvalue weighted by atomic mass is 9.73. The number of β-amino-alcohol motifs (C(OH)–C–C–N with tert-alkyl or cyclic N) is 1. The Hall–Kier alpha value is -1.54. The summed E-state index contributed by atoms with van der Waals surface area (Å²) in [5.41, 5.74) is -2.21. The Morgan fingerprint density at radius 2 is 2.21 bits per heavy atom. The maximum Gasteiger partial charge on any atom is 0.417 e. The molecule has 2 N–H and O–H groups in total. The van der Waals surface area contributed by atoms with Crippen LogP contribution in [-0.2, 0) is 11.0 Å². The highest BCUT2D eigenvalue weighted by Crippen LogP contribution is 2.40. The number of alkyl halides is 3. The molecule has 0 bridgehead atoms. The van der Waals surface area contributed by atoms with Crippen LogP contribution in [0.3, 0.4) is 0 Å². The fourth-order valence-electron chi connectivity index (χ4n) is 3.08. The average molecular weight is 367 g/mol. The molecule has 1 aliphatic rings. The zero-order chi connectivity index (χ0) is 18.1. The normalized spacial score (nSPS) is 24.9. The van der Waals surface area contributed by atoms with Crippen molar-refractivity contribution in [1.82, 2.24) is 4.98 Å². The number of carboxylic acid groups (broad SMARTS) is 1. The highest BCUT2D eigenvalue weighted by molar-refractivity contribution is 6.33. The monoisotopic (exact) mass is 366 g/mol. The summed E-state index contributed by atoms with van der Waals surface area (Å²) in [6.45, 7) is 2.02. The van der Waals surface area contributed by atoms with E-state index in [1.807, 2.05) is 6.92 Å². The molecule has 9 heteroatoms. The van der Waals surface area contributed by atoms with Gasteiger partial charge in [-0.25, -0.2) is 4.98 Å². The standard InChI is InChI=1S/C15H18ClF3N2O3/c1-2-3-14(13(23)24)4-5-21(8-11(14)22)12-10(16)6-9(7-20-12)15(17,18)19/h6-7,11,22H,2-5,8H2,1H3,(H,23,24)/t11-,14+/m1/s1. The molecule has 5 nitrogen and oxygen atoms in total. The minimum atomic E-state index is -4.55. The molecule has 1 aromatic rings. The van der Waals surface area contributed by atoms with E-state index in [9.17, 15) is 28.2 Å². The summed E-state index contributed by atoms with van der Waals surface area (Å²) in [7, 11) is 0. The first-order valence-corrected chi connectivity index (χ1v) is 7.88. The summed E-state index contributed by atoms with van der Waals surface area (Å²) in [5.74, 6) is -0.956. The first-order valence-electron chi connectivity index (χ1n) is 7.51. The summed E-state index contributed by atoms with van der Waals surface area (Å²) >= 11 is 5.91. The van der Waals surface area contributed by atoms with Gasteiger partial charge in [-0.15, -0.1) is 0 Å². The van der Waals surface area contributed by atoms with Gasteiger partial charge in [-0.05, 0) is 18.9 Å². The van der Waals surface area contributed by atoms with Gasteiger partial charge in [0.25, 0.3) is 0 Å². The number of rotatable bonds is 4. The molecular formula is C15H18ClF3N2O3. The van der Waals surface area contributed by atoms with Crippen molar-refractivity contribution in [3.63, 3.8) is 0 Å². The summed E-state index contributed by atoms with van der Waals surface area (Å²) in [6.07, 6.45) is -3.94. The van der Waals surface area contributed by atoms with Crippen LogP contribution in [-0.4, -0.2) is 40.4 Å². The van der Waals surface area contributed by atoms with Crippen molar-refractivity contribution in [2.75, 3.05) is 18.0 Å². The smallest absolute Gasteiger partial charge is 0.417 e. The topological polar surface area (TPSA) is 73.7 Å². The van der Waals surface area contributed by atoms with Crippen molar-refractivity contribution >= 4 is 23.4 Å². The Bertz CT molecular complexity index is 626. The van der Waals surface area contributed by atoms with Gasteiger partial charge in [0.15, 0.2) is 0 Å². The zero-order valence-corrected chi connectivity index (χ0v) is 13.7. The summed E-state index contributed by atoms with van der Waals surface area (Å²) in [4.78, 5) is 16.9. The van der Waals surface area contributed by atoms with Gasteiger partial charge >= 0.3 is 12.1 Å². The lowest BCUT2D eigenvalue weighted by molar-refractivity contribution is -0.159. The predicted molar refractivity (Wildman–Crippen MR) is 82.1 cm³/mol. The Morgan fingerprint density at radius 1 is 1.54 bits per heavy atom. The molecule has 1 fully saturated rings. The first kappa shape index (κ1) is 18.8. The molecule has 1 aromatic heterocycles. The molecular weight excluding hydrogens is 349 g/mol. The van der Waals surface area contributed by atoms with E-state index in [-0.39, 0.29) is 30.4 Å². The van der Waals surface area contributed by atoms with E-state index >= 15 is 0 Å². The number of nitrogens with zero attached hydrogens (tertiary/aromatic N) is 2. The number of hydrogen-bond acceptors (Lipinski definition) is 4. The average Bonchev–Trinajstić information content (AvgIpc) is 2.48. The van der Waals surface area contributed by atoms with Crippen LogP contribution in [0.1, 0.15) is 31.7 Å². The van der Waals surface area contributed by atoms with Gasteiger partial charge in [-0.3, -0.25) is 4.79 Å². The number of aliphatic hydroxyl groups is 1. The molecule has 1 aliphatic heterocycles. The molecule has 1 saturated heterocycles. The fourth-order valence-corrected chi connectivity index (χ4v) is 3.37. The maximum absolute atomic E-state index is 12.7. The van der Waals surface area contributed by atoms with E-state index in [4.69, 9.17) is 11.6 Å². The minimum Gasteiger partial charge on any atom is -0.481 e. The Kier molecular flexibility index (Phi) is 5.29. The molecule has 2 heterocycles. The number of carboxylic acids is 1. The molecule has 24 heavy (non-hydrogen) atoms. The second-order valence-corrected chi connectivity index (χ2v) is 6.36. The molecule has 0 amide bonds. The molecule has 0 saturated carbocycles. The van der Waals surface area contributed by atoms with Crippen molar-refractivity contribution in [3.05, 3.63) is 22.8 Å². The van der Waals surface area contributed by atoms with Gasteiger partial charge < -0.3 is 15.1 Å². The molecule has 0 aliphatic carbocycles. The number of pyridine rings is 1. The van der Waals surface area contributed by atoms with E-state index < -0.39 is 29.2 Å². The number of halogens is 4. The third kappa shape index (κ3) is 3.44. The van der Waals surface area contributed by atoms with Crippen LogP contribution in [0.5, 0.6) is 0 Å². The zero-order valence-electron chi connectivity index (χ0n) is 13.0. The van der Waals surface area contributed by atoms with E-state index in [1.165, 1.54) is 4.90 Å². The molecule has 0 aromatic carbocycles. The van der Waals surface area contributed by atoms with Gasteiger partial charge in [0, 0.05) is 19.3 Å². The summed E-state index contributed by atoms with van der Waals surface area (Å²) < 4.78 is 38.0. The van der Waals surface area contributed by atoms with Crippen molar-refractivity contribution in [2.45, 2.75) is 38.5 Å². The highest BCUT2D eigenvalue weighted by Gasteiger charge is 2.48. The second kappa shape index (κ2) is 6.76. The van der Waals surface area contributed by atoms with Crippen LogP contribution in [0.25, 0.3) is 0 Å². The SMILES string of the molecule is CCC[C@]1(C(=O)O)CCN(c2ncc(C(F)(F)F)cc2Cl)C[C@H]1O. The Balaban J connectivity index is 2.24. The van der Waals surface area contributed by atoms with Crippen LogP contribution in [0.2, 0.25) is 5.02 Å². The van der Waals surface area contributed by atoms with Crippen molar-refractivity contribution < 1.29 is 28.2 Å². The quantitative estimate of drug-likeness (QED) is 0.856. The number of anilines is 1. The molecule has 0 unspecified atom stereocenters. The largest absolute Gasteiger partial charge is 0.481 e. The van der Waals surface area contributed by atoms with Crippen molar-refractivity contribution in [3.8, 4) is 0 Å². The number of carbonyl (C=O) groups is 1. The van der Waals surface area contributed by atoms with Gasteiger partial charge in [0.1, 0.15) is 5.82 Å². The van der Waals surface area contributed by atoms with Gasteiger partial charge in [-0.2, -0.15) is 13.2 Å². The van der Waals surface area contributed by atoms with E-state index in [0.29, 0.717) is 19.0 Å². The van der Waals surface area contributed by atoms with Crippen LogP contribution in [0.4, 0.5) is 19.0 Å². The van der Waals surface area contributed by atoms with Crippen LogP contribution in [0, 0.1) is 5.41 Å². The van der Waals surface area contributed by atoms with Gasteiger partial charge in [-0.1, -0.05) is 24.9 Å². The molecule has 134 valence electrons. The molecule has 0 spiro atoms. The van der Waals surface area contributed by atoms with Crippen LogP contribution < -0.4 is 4.90 Å². The van der Waals surface area contributed by atoms with Gasteiger partial charge in [0.05, 0.1) is 22.1 Å². The fraction of sp³-hybridized carbons (Fsp3) is 0.600. The van der Waals surface area contributed by atoms with Crippen molar-refractivity contribution in [2.24, 2.45) is 5.41 Å². The molecule has 2 rings (SSSR count). The minimum absolute atomic E-state index is 0.0512. The maximum atomic E-state index is 12.7. The lowest BCUT2D eigenvalue weighted by Crippen LogP contribution is -2.55. The number of piperidine rings is 1. The summed E-state index contributed by atoms with van der Waals surface area (Å²) in [5, 5.41) is 19.7. The second-order valence-electron chi connectivity index (χ2n) is 5.95. The van der Waals surface area contributed by atoms with Crippen LogP contribution in [0.15, 0.2) is 12.3 Å². The predicted octanol–water partition coefficient (Wildman–Crippen LogP) is 3.20. The summed E-state index contributed by atoms with van der Waals surface area (Å²) in [6, 6.07) is 0.779. The number of aliphatic carboxylic acids is 1. The number of aromatic nitrogens is 1. The molecule has 2 atom stereocenters. The molecule has 0 radical (unpaired) electrons. The number of hydrogen-bond donors (Lipinski definition) is 2. The van der Waals surface area contributed by atoms with E-state index in [2.05, 4.69) is 4.98 Å². The third-order valence-corrected chi connectivity index (χ3v) is 4.71. The van der Waals surface area contributed by atoms with Gasteiger partial charge in [0.2, 0.25) is 0 Å². The third-order valence-electron chi connectivity index (χ3n) is 4.43. The van der Waals surface area contributed by atoms with E-state index in [0.717, 1.165) is 6.07 Å². The Labute approximate surface area is 142 Å². The van der Waals surface area contributed by atoms with Crippen LogP contribution >= 0.6 is 11.6 Å². The van der Waals surface area contributed by atoms with E-state index in [1.54, 1.807) is 0 Å². The lowest BCUT2D eigenvalue weighted by Gasteiger charge is -2.43.